The molecule has 1 aromatic carbocycles. The van der Waals surface area contributed by atoms with E-state index in [1.807, 2.05) is 13.0 Å². The van der Waals surface area contributed by atoms with E-state index in [1.54, 1.807) is 0 Å². The van der Waals surface area contributed by atoms with Crippen LogP contribution in [0.15, 0.2) is 18.2 Å². The van der Waals surface area contributed by atoms with Crippen molar-refractivity contribution in [2.45, 2.75) is 32.7 Å². The van der Waals surface area contributed by atoms with Crippen LogP contribution in [0.5, 0.6) is 0 Å². The molecule has 2 N–H and O–H groups in total. The molecule has 2 rings (SSSR count). The van der Waals surface area contributed by atoms with Crippen LogP contribution in [0.1, 0.15) is 30.4 Å². The summed E-state index contributed by atoms with van der Waals surface area (Å²) in [6.45, 7) is 4.21. The zero-order chi connectivity index (χ0) is 13.0. The summed E-state index contributed by atoms with van der Waals surface area (Å²) in [5.74, 6) is 1.13. The molecule has 2 nitrogen and oxygen atoms in total. The number of aryl methyl sites for hydroxylation is 1. The maximum absolute atomic E-state index is 9.27. The zero-order valence-corrected chi connectivity index (χ0v) is 11.7. The predicted molar refractivity (Wildman–Crippen MR) is 75.8 cm³/mol. The molecule has 0 saturated heterocycles. The summed E-state index contributed by atoms with van der Waals surface area (Å²) in [4.78, 5) is 0. The lowest BCUT2D eigenvalue weighted by molar-refractivity contribution is 0.192. The molecule has 1 aliphatic carbocycles. The summed E-state index contributed by atoms with van der Waals surface area (Å²) < 4.78 is 0. The number of rotatable bonds is 5. The Labute approximate surface area is 114 Å². The van der Waals surface area contributed by atoms with Crippen molar-refractivity contribution in [3.05, 3.63) is 34.3 Å². The second kappa shape index (κ2) is 6.55. The molecular formula is C15H22ClNO. The first kappa shape index (κ1) is 13.9. The Morgan fingerprint density at radius 3 is 2.83 bits per heavy atom. The van der Waals surface area contributed by atoms with Crippen LogP contribution in [-0.2, 0) is 6.54 Å². The molecule has 18 heavy (non-hydrogen) atoms. The molecule has 0 bridgehead atoms. The van der Waals surface area contributed by atoms with Gasteiger partial charge in [-0.05, 0) is 55.3 Å². The van der Waals surface area contributed by atoms with E-state index < -0.39 is 0 Å². The fourth-order valence-electron chi connectivity index (χ4n) is 2.77. The van der Waals surface area contributed by atoms with Crippen LogP contribution < -0.4 is 5.32 Å². The number of aliphatic hydroxyl groups is 1. The van der Waals surface area contributed by atoms with E-state index >= 15 is 0 Å². The minimum atomic E-state index is 0.336. The van der Waals surface area contributed by atoms with E-state index in [4.69, 9.17) is 11.6 Å². The van der Waals surface area contributed by atoms with Gasteiger partial charge in [-0.15, -0.1) is 0 Å². The number of hydrogen-bond donors (Lipinski definition) is 2. The highest BCUT2D eigenvalue weighted by atomic mass is 35.5. The van der Waals surface area contributed by atoms with Crippen LogP contribution >= 0.6 is 11.6 Å². The predicted octanol–water partition coefficient (Wildman–Crippen LogP) is 3.15. The fourth-order valence-corrected chi connectivity index (χ4v) is 2.97. The summed E-state index contributed by atoms with van der Waals surface area (Å²) in [5, 5.41) is 13.6. The SMILES string of the molecule is Cc1ccc(CNCC2CCCC2CO)cc1Cl. The molecule has 3 heteroatoms. The molecule has 1 aliphatic rings. The first-order chi connectivity index (χ1) is 8.70. The van der Waals surface area contributed by atoms with Gasteiger partial charge in [0.05, 0.1) is 0 Å². The van der Waals surface area contributed by atoms with Crippen molar-refractivity contribution in [2.24, 2.45) is 11.8 Å². The number of hydrogen-bond acceptors (Lipinski definition) is 2. The maximum atomic E-state index is 9.27. The standard InChI is InChI=1S/C15H22ClNO/c1-11-5-6-12(7-15(11)16)8-17-9-13-3-2-4-14(13)10-18/h5-7,13-14,17-18H,2-4,8-10H2,1H3. The average molecular weight is 268 g/mol. The minimum absolute atomic E-state index is 0.336. The van der Waals surface area contributed by atoms with Crippen LogP contribution in [0, 0.1) is 18.8 Å². The third kappa shape index (κ3) is 3.47. The molecule has 1 aromatic rings. The molecule has 1 fully saturated rings. The summed E-state index contributed by atoms with van der Waals surface area (Å²) in [6, 6.07) is 6.21. The Balaban J connectivity index is 1.79. The quantitative estimate of drug-likeness (QED) is 0.859. The normalized spacial score (nSPS) is 23.5. The van der Waals surface area contributed by atoms with Gasteiger partial charge in [-0.1, -0.05) is 30.2 Å². The van der Waals surface area contributed by atoms with Gasteiger partial charge >= 0.3 is 0 Å². The maximum Gasteiger partial charge on any atom is 0.0462 e. The Hall–Kier alpha value is -0.570. The van der Waals surface area contributed by atoms with Crippen LogP contribution in [0.25, 0.3) is 0 Å². The van der Waals surface area contributed by atoms with Crippen molar-refractivity contribution in [3.8, 4) is 0 Å². The van der Waals surface area contributed by atoms with E-state index in [-0.39, 0.29) is 0 Å². The molecular weight excluding hydrogens is 246 g/mol. The highest BCUT2D eigenvalue weighted by Gasteiger charge is 2.25. The van der Waals surface area contributed by atoms with Crippen molar-refractivity contribution < 1.29 is 5.11 Å². The number of halogens is 1. The number of benzene rings is 1. The van der Waals surface area contributed by atoms with E-state index in [9.17, 15) is 5.11 Å². The third-order valence-corrected chi connectivity index (χ3v) is 4.43. The lowest BCUT2D eigenvalue weighted by Gasteiger charge is -2.18. The number of aliphatic hydroxyl groups excluding tert-OH is 1. The van der Waals surface area contributed by atoms with Crippen LogP contribution in [-0.4, -0.2) is 18.3 Å². The Kier molecular flexibility index (Phi) is 5.04. The highest BCUT2D eigenvalue weighted by molar-refractivity contribution is 6.31. The number of nitrogens with one attached hydrogen (secondary N) is 1. The van der Waals surface area contributed by atoms with E-state index in [0.717, 1.165) is 23.7 Å². The third-order valence-electron chi connectivity index (χ3n) is 4.02. The highest BCUT2D eigenvalue weighted by Crippen LogP contribution is 2.30. The monoisotopic (exact) mass is 267 g/mol. The van der Waals surface area contributed by atoms with Gasteiger partial charge in [-0.2, -0.15) is 0 Å². The van der Waals surface area contributed by atoms with Crippen molar-refractivity contribution >= 4 is 11.6 Å². The Bertz CT molecular complexity index is 394. The topological polar surface area (TPSA) is 32.3 Å². The average Bonchev–Trinajstić information content (AvgIpc) is 2.81. The first-order valence-corrected chi connectivity index (χ1v) is 7.15. The van der Waals surface area contributed by atoms with Gasteiger partial charge in [0.2, 0.25) is 0 Å². The summed E-state index contributed by atoms with van der Waals surface area (Å²) >= 11 is 6.10. The molecule has 2 atom stereocenters. The van der Waals surface area contributed by atoms with Crippen LogP contribution in [0.3, 0.4) is 0 Å². The molecule has 0 aliphatic heterocycles. The van der Waals surface area contributed by atoms with Gasteiger partial charge in [0.15, 0.2) is 0 Å². The largest absolute Gasteiger partial charge is 0.396 e. The van der Waals surface area contributed by atoms with Crippen molar-refractivity contribution in [1.29, 1.82) is 0 Å². The molecule has 0 heterocycles. The van der Waals surface area contributed by atoms with Gasteiger partial charge in [-0.3, -0.25) is 0 Å². The lowest BCUT2D eigenvalue weighted by Crippen LogP contribution is -2.26. The second-order valence-electron chi connectivity index (χ2n) is 5.35. The van der Waals surface area contributed by atoms with Crippen molar-refractivity contribution in [3.63, 3.8) is 0 Å². The fraction of sp³-hybridized carbons (Fsp3) is 0.600. The first-order valence-electron chi connectivity index (χ1n) is 6.77. The van der Waals surface area contributed by atoms with Gasteiger partial charge in [0, 0.05) is 18.2 Å². The minimum Gasteiger partial charge on any atom is -0.396 e. The molecule has 0 amide bonds. The van der Waals surface area contributed by atoms with E-state index in [2.05, 4.69) is 17.4 Å². The lowest BCUT2D eigenvalue weighted by atomic mass is 9.97. The molecule has 2 unspecified atom stereocenters. The van der Waals surface area contributed by atoms with Gasteiger partial charge in [-0.25, -0.2) is 0 Å². The molecule has 100 valence electrons. The molecule has 0 radical (unpaired) electrons. The van der Waals surface area contributed by atoms with Crippen molar-refractivity contribution in [1.82, 2.24) is 5.32 Å². The van der Waals surface area contributed by atoms with Crippen LogP contribution in [0.2, 0.25) is 5.02 Å². The molecule has 0 spiro atoms. The molecule has 0 aromatic heterocycles. The van der Waals surface area contributed by atoms with Crippen molar-refractivity contribution in [2.75, 3.05) is 13.2 Å². The van der Waals surface area contributed by atoms with E-state index in [0.29, 0.717) is 18.4 Å². The Morgan fingerprint density at radius 1 is 1.33 bits per heavy atom. The van der Waals surface area contributed by atoms with Gasteiger partial charge < -0.3 is 10.4 Å². The smallest absolute Gasteiger partial charge is 0.0462 e. The second-order valence-corrected chi connectivity index (χ2v) is 5.76. The van der Waals surface area contributed by atoms with Gasteiger partial charge in [0.1, 0.15) is 0 Å². The Morgan fingerprint density at radius 2 is 2.11 bits per heavy atom. The summed E-state index contributed by atoms with van der Waals surface area (Å²) in [6.07, 6.45) is 3.68. The van der Waals surface area contributed by atoms with Crippen LogP contribution in [0.4, 0.5) is 0 Å². The summed E-state index contributed by atoms with van der Waals surface area (Å²) in [7, 11) is 0. The summed E-state index contributed by atoms with van der Waals surface area (Å²) in [5.41, 5.74) is 2.35. The van der Waals surface area contributed by atoms with E-state index in [1.165, 1.54) is 24.8 Å². The van der Waals surface area contributed by atoms with Gasteiger partial charge in [0.25, 0.3) is 0 Å². The molecule has 1 saturated carbocycles. The zero-order valence-electron chi connectivity index (χ0n) is 11.0.